The number of ether oxygens (including phenoxy) is 1. The van der Waals surface area contributed by atoms with E-state index in [4.69, 9.17) is 10.5 Å². The summed E-state index contributed by atoms with van der Waals surface area (Å²) >= 11 is 0. The molecule has 0 heterocycles. The number of methoxy groups -OCH3 is 1. The highest BCUT2D eigenvalue weighted by Gasteiger charge is 2.36. The number of unbranched alkanes of at least 4 members (excludes halogenated alkanes) is 1. The highest BCUT2D eigenvalue weighted by molar-refractivity contribution is 5.91. The first-order chi connectivity index (χ1) is 22.0. The number of hydrogen-bond acceptors (Lipinski definition) is 6. The van der Waals surface area contributed by atoms with Crippen LogP contribution in [0.4, 0.5) is 0 Å². The fraction of sp³-hybridized carbons (Fsp3) is 0.432. The van der Waals surface area contributed by atoms with E-state index in [1.807, 2.05) is 76.2 Å². The SMILES string of the molecule is COc1ccc(C(NCCCC[C@H](NC(=O)[C@H](CC(C)C)NC(=O)[C@@H](N)C(C)C)C(=O)O)(c2ccccc2)c2ccccc2)cc1. The Kier molecular flexibility index (Phi) is 13.8. The normalized spacial score (nSPS) is 13.6. The minimum atomic E-state index is -1.11. The van der Waals surface area contributed by atoms with E-state index in [0.717, 1.165) is 22.4 Å². The molecule has 6 N–H and O–H groups in total. The molecule has 0 spiro atoms. The highest BCUT2D eigenvalue weighted by Crippen LogP contribution is 2.37. The van der Waals surface area contributed by atoms with Crippen molar-refractivity contribution in [3.8, 4) is 5.75 Å². The summed E-state index contributed by atoms with van der Waals surface area (Å²) in [5.74, 6) is -1.30. The minimum Gasteiger partial charge on any atom is -0.497 e. The van der Waals surface area contributed by atoms with Crippen LogP contribution in [0.1, 0.15) is 70.1 Å². The van der Waals surface area contributed by atoms with E-state index >= 15 is 0 Å². The Morgan fingerprint density at radius 1 is 0.761 bits per heavy atom. The van der Waals surface area contributed by atoms with Crippen molar-refractivity contribution in [2.24, 2.45) is 17.6 Å². The number of amides is 2. The Morgan fingerprint density at radius 2 is 1.28 bits per heavy atom. The van der Waals surface area contributed by atoms with Crippen LogP contribution in [-0.2, 0) is 19.9 Å². The molecule has 0 bridgehead atoms. The van der Waals surface area contributed by atoms with E-state index in [9.17, 15) is 19.5 Å². The van der Waals surface area contributed by atoms with E-state index < -0.39 is 41.4 Å². The molecule has 46 heavy (non-hydrogen) atoms. The number of carboxylic acid groups (broad SMARTS) is 1. The topological polar surface area (TPSA) is 143 Å². The molecule has 0 aromatic heterocycles. The molecule has 3 atom stereocenters. The van der Waals surface area contributed by atoms with Gasteiger partial charge in [0, 0.05) is 0 Å². The maximum absolute atomic E-state index is 13.2. The largest absolute Gasteiger partial charge is 0.497 e. The lowest BCUT2D eigenvalue weighted by atomic mass is 9.77. The van der Waals surface area contributed by atoms with Gasteiger partial charge in [-0.3, -0.25) is 14.9 Å². The average molecular weight is 631 g/mol. The summed E-state index contributed by atoms with van der Waals surface area (Å²) in [5, 5.41) is 19.2. The molecule has 9 heteroatoms. The number of carbonyl (C=O) groups excluding carboxylic acids is 2. The Bertz CT molecular complexity index is 1340. The summed E-state index contributed by atoms with van der Waals surface area (Å²) in [5.41, 5.74) is 8.49. The summed E-state index contributed by atoms with van der Waals surface area (Å²) in [6.07, 6.45) is 1.81. The minimum absolute atomic E-state index is 0.0980. The monoisotopic (exact) mass is 630 g/mol. The van der Waals surface area contributed by atoms with Crippen LogP contribution in [-0.4, -0.2) is 54.7 Å². The number of carbonyl (C=O) groups is 3. The second kappa shape index (κ2) is 17.5. The van der Waals surface area contributed by atoms with Crippen molar-refractivity contribution in [2.45, 2.75) is 77.0 Å². The van der Waals surface area contributed by atoms with Gasteiger partial charge in [0.1, 0.15) is 17.8 Å². The lowest BCUT2D eigenvalue weighted by molar-refractivity contribution is -0.142. The van der Waals surface area contributed by atoms with Crippen molar-refractivity contribution < 1.29 is 24.2 Å². The van der Waals surface area contributed by atoms with Crippen LogP contribution in [0, 0.1) is 11.8 Å². The summed E-state index contributed by atoms with van der Waals surface area (Å²) in [6, 6.07) is 25.7. The van der Waals surface area contributed by atoms with Gasteiger partial charge in [-0.05, 0) is 72.9 Å². The van der Waals surface area contributed by atoms with Crippen LogP contribution in [0.3, 0.4) is 0 Å². The van der Waals surface area contributed by atoms with E-state index in [2.05, 4.69) is 52.3 Å². The third-order valence-corrected chi connectivity index (χ3v) is 8.22. The zero-order chi connectivity index (χ0) is 33.7. The van der Waals surface area contributed by atoms with E-state index in [1.54, 1.807) is 7.11 Å². The Morgan fingerprint density at radius 3 is 1.76 bits per heavy atom. The lowest BCUT2D eigenvalue weighted by Crippen LogP contribution is -2.55. The first-order valence-corrected chi connectivity index (χ1v) is 16.1. The van der Waals surface area contributed by atoms with Crippen LogP contribution < -0.4 is 26.4 Å². The first-order valence-electron chi connectivity index (χ1n) is 16.1. The maximum atomic E-state index is 13.2. The molecule has 248 valence electrons. The van der Waals surface area contributed by atoms with Gasteiger partial charge in [-0.1, -0.05) is 100 Å². The predicted octanol–water partition coefficient (Wildman–Crippen LogP) is 4.83. The van der Waals surface area contributed by atoms with Crippen molar-refractivity contribution in [1.82, 2.24) is 16.0 Å². The maximum Gasteiger partial charge on any atom is 0.326 e. The van der Waals surface area contributed by atoms with Crippen LogP contribution in [0.2, 0.25) is 0 Å². The van der Waals surface area contributed by atoms with Gasteiger partial charge < -0.3 is 26.2 Å². The van der Waals surface area contributed by atoms with Crippen molar-refractivity contribution in [2.75, 3.05) is 13.7 Å². The fourth-order valence-electron chi connectivity index (χ4n) is 5.58. The number of hydrogen-bond donors (Lipinski definition) is 5. The molecule has 0 aliphatic rings. The average Bonchev–Trinajstić information content (AvgIpc) is 3.05. The Balaban J connectivity index is 1.74. The van der Waals surface area contributed by atoms with Gasteiger partial charge in [0.05, 0.1) is 18.7 Å². The smallest absolute Gasteiger partial charge is 0.326 e. The number of carboxylic acids is 1. The molecular weight excluding hydrogens is 580 g/mol. The molecule has 9 nitrogen and oxygen atoms in total. The first kappa shape index (κ1) is 36.3. The fourth-order valence-corrected chi connectivity index (χ4v) is 5.58. The predicted molar refractivity (Wildman–Crippen MR) is 181 cm³/mol. The number of rotatable bonds is 18. The van der Waals surface area contributed by atoms with Gasteiger partial charge in [-0.25, -0.2) is 4.79 Å². The van der Waals surface area contributed by atoms with Crippen molar-refractivity contribution in [3.63, 3.8) is 0 Å². The molecule has 3 aromatic rings. The number of aliphatic carboxylic acids is 1. The molecule has 0 aliphatic heterocycles. The van der Waals surface area contributed by atoms with Gasteiger partial charge in [-0.15, -0.1) is 0 Å². The van der Waals surface area contributed by atoms with E-state index in [-0.39, 0.29) is 18.3 Å². The third-order valence-electron chi connectivity index (χ3n) is 8.22. The summed E-state index contributed by atoms with van der Waals surface area (Å²) in [7, 11) is 1.64. The zero-order valence-electron chi connectivity index (χ0n) is 27.7. The van der Waals surface area contributed by atoms with Crippen LogP contribution >= 0.6 is 0 Å². The van der Waals surface area contributed by atoms with Crippen LogP contribution in [0.15, 0.2) is 84.9 Å². The summed E-state index contributed by atoms with van der Waals surface area (Å²) in [4.78, 5) is 38.0. The summed E-state index contributed by atoms with van der Waals surface area (Å²) in [6.45, 7) is 8.12. The molecule has 3 rings (SSSR count). The second-order valence-electron chi connectivity index (χ2n) is 12.5. The Hall–Kier alpha value is -4.21. The van der Waals surface area contributed by atoms with Gasteiger partial charge in [0.25, 0.3) is 0 Å². The van der Waals surface area contributed by atoms with Crippen molar-refractivity contribution in [3.05, 3.63) is 102 Å². The quantitative estimate of drug-likeness (QED) is 0.100. The number of nitrogens with one attached hydrogen (secondary N) is 3. The molecule has 0 saturated heterocycles. The molecular formula is C37H50N4O5. The zero-order valence-corrected chi connectivity index (χ0v) is 27.7. The standard InChI is InChI=1S/C37H50N4O5/c1-25(2)24-32(41-35(43)33(38)26(3)4)34(42)40-31(36(44)45)18-12-13-23-39-37(27-14-8-6-9-15-27,28-16-10-7-11-17-28)29-19-21-30(46-5)22-20-29/h6-11,14-17,19-22,25-26,31-33,39H,12-13,18,23-24,38H2,1-5H3,(H,40,42)(H,41,43)(H,44,45)/t31-,32-,33-/m0/s1. The lowest BCUT2D eigenvalue weighted by Gasteiger charge is -2.37. The molecule has 0 fully saturated rings. The van der Waals surface area contributed by atoms with Gasteiger partial charge in [0.2, 0.25) is 11.8 Å². The van der Waals surface area contributed by atoms with Crippen LogP contribution in [0.5, 0.6) is 5.75 Å². The second-order valence-corrected chi connectivity index (χ2v) is 12.5. The highest BCUT2D eigenvalue weighted by atomic mass is 16.5. The molecule has 0 saturated carbocycles. The van der Waals surface area contributed by atoms with E-state index in [0.29, 0.717) is 25.8 Å². The number of benzene rings is 3. The van der Waals surface area contributed by atoms with Gasteiger partial charge in [0.15, 0.2) is 0 Å². The molecule has 0 radical (unpaired) electrons. The van der Waals surface area contributed by atoms with Gasteiger partial charge in [-0.2, -0.15) is 0 Å². The van der Waals surface area contributed by atoms with Crippen molar-refractivity contribution in [1.29, 1.82) is 0 Å². The molecule has 2 amide bonds. The molecule has 0 unspecified atom stereocenters. The van der Waals surface area contributed by atoms with Crippen molar-refractivity contribution >= 4 is 17.8 Å². The number of nitrogens with two attached hydrogens (primary N) is 1. The third kappa shape index (κ3) is 9.64. The van der Waals surface area contributed by atoms with E-state index in [1.165, 1.54) is 0 Å². The molecule has 0 aliphatic carbocycles. The summed E-state index contributed by atoms with van der Waals surface area (Å²) < 4.78 is 5.42. The Labute approximate surface area is 273 Å². The van der Waals surface area contributed by atoms with Gasteiger partial charge >= 0.3 is 5.97 Å². The van der Waals surface area contributed by atoms with Crippen LogP contribution in [0.25, 0.3) is 0 Å². The molecule has 3 aromatic carbocycles.